The van der Waals surface area contributed by atoms with Crippen molar-refractivity contribution in [3.8, 4) is 0 Å². The van der Waals surface area contributed by atoms with Crippen molar-refractivity contribution in [2.24, 2.45) is 0 Å². The second kappa shape index (κ2) is 8.79. The number of carbonyl (C=O) groups excluding carboxylic acids is 1. The van der Waals surface area contributed by atoms with Crippen LogP contribution < -0.4 is 5.32 Å². The minimum atomic E-state index is -4.62. The maximum atomic E-state index is 13.2. The zero-order valence-corrected chi connectivity index (χ0v) is 17.5. The number of pyridine rings is 1. The first-order valence-electron chi connectivity index (χ1n) is 9.12. The summed E-state index contributed by atoms with van der Waals surface area (Å²) in [5, 5.41) is 9.43. The monoisotopic (exact) mass is 480 g/mol. The molecule has 1 atom stereocenters. The van der Waals surface area contributed by atoms with Gasteiger partial charge in [0.2, 0.25) is 5.91 Å². The van der Waals surface area contributed by atoms with Crippen LogP contribution in [0.1, 0.15) is 16.4 Å². The minimum absolute atomic E-state index is 0.0351. The zero-order chi connectivity index (χ0) is 22.9. The predicted octanol–water partition coefficient (Wildman–Crippen LogP) is 6.01. The number of thioether (sulfide) groups is 1. The molecule has 4 rings (SSSR count). The minimum Gasteiger partial charge on any atom is -0.325 e. The van der Waals surface area contributed by atoms with Gasteiger partial charge in [0.25, 0.3) is 0 Å². The van der Waals surface area contributed by atoms with Gasteiger partial charge >= 0.3 is 6.18 Å². The molecule has 32 heavy (non-hydrogen) atoms. The molecule has 4 aromatic rings. The summed E-state index contributed by atoms with van der Waals surface area (Å²) in [6.45, 7) is 0. The Labute approximate surface area is 188 Å². The Morgan fingerprint density at radius 2 is 1.75 bits per heavy atom. The molecule has 2 aromatic heterocycles. The van der Waals surface area contributed by atoms with Crippen molar-refractivity contribution in [3.63, 3.8) is 0 Å². The molecule has 1 amide bonds. The number of rotatable bonds is 5. The van der Waals surface area contributed by atoms with Crippen molar-refractivity contribution >= 4 is 40.6 Å². The molecule has 1 N–H and O–H groups in total. The molecule has 0 saturated heterocycles. The highest BCUT2D eigenvalue weighted by atomic mass is 35.5. The van der Waals surface area contributed by atoms with Gasteiger partial charge in [0.15, 0.2) is 10.8 Å². The molecule has 0 saturated carbocycles. The van der Waals surface area contributed by atoms with Gasteiger partial charge in [0.05, 0.1) is 10.6 Å². The summed E-state index contributed by atoms with van der Waals surface area (Å²) >= 11 is 6.89. The van der Waals surface area contributed by atoms with Gasteiger partial charge in [0.1, 0.15) is 11.1 Å². The summed E-state index contributed by atoms with van der Waals surface area (Å²) in [5.41, 5.74) is 0.0231. The van der Waals surface area contributed by atoms with Crippen LogP contribution in [0.25, 0.3) is 5.65 Å². The molecule has 0 aliphatic heterocycles. The normalized spacial score (nSPS) is 12.7. The topological polar surface area (TPSA) is 59.3 Å². The molecule has 164 valence electrons. The van der Waals surface area contributed by atoms with E-state index in [0.29, 0.717) is 11.3 Å². The number of amides is 1. The highest BCUT2D eigenvalue weighted by molar-refractivity contribution is 8.00. The summed E-state index contributed by atoms with van der Waals surface area (Å²) in [5.74, 6) is -0.924. The van der Waals surface area contributed by atoms with Crippen LogP contribution in [0.4, 0.5) is 23.2 Å². The van der Waals surface area contributed by atoms with Crippen molar-refractivity contribution < 1.29 is 22.4 Å². The number of carbonyl (C=O) groups is 1. The molecule has 0 radical (unpaired) electrons. The summed E-state index contributed by atoms with van der Waals surface area (Å²) in [4.78, 5) is 13.1. The smallest absolute Gasteiger partial charge is 0.325 e. The molecule has 0 fully saturated rings. The highest BCUT2D eigenvalue weighted by Crippen LogP contribution is 2.38. The summed E-state index contributed by atoms with van der Waals surface area (Å²) in [6, 6.07) is 14.6. The Kier molecular flexibility index (Phi) is 6.07. The van der Waals surface area contributed by atoms with Gasteiger partial charge in [-0.25, -0.2) is 4.39 Å². The number of benzene rings is 2. The number of hydrogen-bond acceptors (Lipinski definition) is 4. The number of nitrogens with one attached hydrogen (secondary N) is 1. The summed E-state index contributed by atoms with van der Waals surface area (Å²) < 4.78 is 54.0. The van der Waals surface area contributed by atoms with E-state index in [1.165, 1.54) is 24.3 Å². The van der Waals surface area contributed by atoms with Crippen LogP contribution in [0.3, 0.4) is 0 Å². The van der Waals surface area contributed by atoms with Gasteiger partial charge in [-0.15, -0.1) is 10.2 Å². The summed E-state index contributed by atoms with van der Waals surface area (Å²) in [6.07, 6.45) is -3.79. The lowest BCUT2D eigenvalue weighted by molar-refractivity contribution is -0.137. The van der Waals surface area contributed by atoms with E-state index in [9.17, 15) is 22.4 Å². The quantitative estimate of drug-likeness (QED) is 0.280. The van der Waals surface area contributed by atoms with Crippen molar-refractivity contribution in [2.75, 3.05) is 5.32 Å². The highest BCUT2D eigenvalue weighted by Gasteiger charge is 2.33. The molecule has 5 nitrogen and oxygen atoms in total. The molecule has 0 bridgehead atoms. The molecular weight excluding hydrogens is 468 g/mol. The fourth-order valence-corrected chi connectivity index (χ4v) is 4.17. The Hall–Kier alpha value is -3.11. The fourth-order valence-electron chi connectivity index (χ4n) is 2.92. The van der Waals surface area contributed by atoms with Gasteiger partial charge in [-0.2, -0.15) is 13.2 Å². The Balaban J connectivity index is 1.71. The zero-order valence-electron chi connectivity index (χ0n) is 16.0. The Morgan fingerprint density at radius 1 is 1.06 bits per heavy atom. The molecule has 2 aromatic carbocycles. The fraction of sp³-hybridized carbons (Fsp3) is 0.0952. The predicted molar refractivity (Wildman–Crippen MR) is 113 cm³/mol. The van der Waals surface area contributed by atoms with E-state index >= 15 is 0 Å². The Bertz CT molecular complexity index is 1260. The van der Waals surface area contributed by atoms with Gasteiger partial charge in [0, 0.05) is 11.9 Å². The number of halogens is 5. The van der Waals surface area contributed by atoms with E-state index in [1.54, 1.807) is 30.3 Å². The van der Waals surface area contributed by atoms with Crippen LogP contribution in [0.15, 0.2) is 72.0 Å². The lowest BCUT2D eigenvalue weighted by Gasteiger charge is -2.16. The van der Waals surface area contributed by atoms with Crippen LogP contribution in [0, 0.1) is 5.82 Å². The first kappa shape index (κ1) is 22.1. The van der Waals surface area contributed by atoms with Crippen LogP contribution in [-0.2, 0) is 11.0 Å². The molecule has 1 unspecified atom stereocenters. The number of anilines is 1. The first-order chi connectivity index (χ1) is 15.2. The summed E-state index contributed by atoms with van der Waals surface area (Å²) in [7, 11) is 0. The second-order valence-corrected chi connectivity index (χ2v) is 8.13. The van der Waals surface area contributed by atoms with E-state index in [4.69, 9.17) is 11.6 Å². The third-order valence-corrected chi connectivity index (χ3v) is 5.92. The van der Waals surface area contributed by atoms with Crippen molar-refractivity contribution in [2.45, 2.75) is 16.6 Å². The molecular formula is C21H13ClF4N4OS. The lowest BCUT2D eigenvalue weighted by Crippen LogP contribution is -2.19. The van der Waals surface area contributed by atoms with Crippen LogP contribution >= 0.6 is 23.4 Å². The van der Waals surface area contributed by atoms with E-state index < -0.39 is 28.7 Å². The van der Waals surface area contributed by atoms with Crippen LogP contribution in [-0.4, -0.2) is 20.5 Å². The van der Waals surface area contributed by atoms with Gasteiger partial charge in [-0.3, -0.25) is 9.20 Å². The number of nitrogens with zero attached hydrogens (tertiary/aromatic N) is 3. The number of fused-ring (bicyclic) bond motifs is 1. The molecule has 2 heterocycles. The molecule has 0 aliphatic rings. The van der Waals surface area contributed by atoms with Crippen LogP contribution in [0.2, 0.25) is 5.02 Å². The standard InChI is InChI=1S/C21H13ClF4N4OS/c22-16-10-13(21(24,25)26)11-30-18(16)28-29-20(30)32-17(12-4-2-1-3-5-12)19(31)27-15-8-6-14(23)7-9-15/h1-11,17H,(H,27,31). The van der Waals surface area contributed by atoms with Gasteiger partial charge in [-0.05, 0) is 35.9 Å². The van der Waals surface area contributed by atoms with Crippen molar-refractivity contribution in [1.29, 1.82) is 0 Å². The van der Waals surface area contributed by atoms with Crippen LogP contribution in [0.5, 0.6) is 0 Å². The largest absolute Gasteiger partial charge is 0.417 e. The number of alkyl halides is 3. The van der Waals surface area contributed by atoms with E-state index in [-0.39, 0.29) is 15.8 Å². The van der Waals surface area contributed by atoms with Gasteiger partial charge < -0.3 is 5.32 Å². The van der Waals surface area contributed by atoms with E-state index in [0.717, 1.165) is 28.4 Å². The third-order valence-electron chi connectivity index (χ3n) is 4.43. The first-order valence-corrected chi connectivity index (χ1v) is 10.4. The third kappa shape index (κ3) is 4.71. The SMILES string of the molecule is O=C(Nc1ccc(F)cc1)C(Sc1nnc2c(Cl)cc(C(F)(F)F)cn12)c1ccccc1. The average Bonchev–Trinajstić information content (AvgIpc) is 3.17. The second-order valence-electron chi connectivity index (χ2n) is 6.66. The maximum absolute atomic E-state index is 13.2. The Morgan fingerprint density at radius 3 is 2.41 bits per heavy atom. The average molecular weight is 481 g/mol. The number of hydrogen-bond donors (Lipinski definition) is 1. The van der Waals surface area contributed by atoms with Crippen molar-refractivity contribution in [1.82, 2.24) is 14.6 Å². The molecule has 11 heteroatoms. The van der Waals surface area contributed by atoms with E-state index in [2.05, 4.69) is 15.5 Å². The lowest BCUT2D eigenvalue weighted by atomic mass is 10.1. The number of aromatic nitrogens is 3. The molecule has 0 spiro atoms. The molecule has 0 aliphatic carbocycles. The van der Waals surface area contributed by atoms with Crippen molar-refractivity contribution in [3.05, 3.63) is 88.8 Å². The van der Waals surface area contributed by atoms with Gasteiger partial charge in [-0.1, -0.05) is 53.7 Å². The van der Waals surface area contributed by atoms with E-state index in [1.807, 2.05) is 0 Å². The maximum Gasteiger partial charge on any atom is 0.417 e.